The largest absolute Gasteiger partial charge is 0.493 e. The summed E-state index contributed by atoms with van der Waals surface area (Å²) in [6, 6.07) is 6.48. The van der Waals surface area contributed by atoms with Crippen molar-refractivity contribution in [1.29, 1.82) is 0 Å². The lowest BCUT2D eigenvalue weighted by molar-refractivity contribution is -0.139. The third kappa shape index (κ3) is 4.49. The second-order valence-corrected chi connectivity index (χ2v) is 7.95. The summed E-state index contributed by atoms with van der Waals surface area (Å²) >= 11 is 0. The minimum atomic E-state index is -0.646. The van der Waals surface area contributed by atoms with Crippen molar-refractivity contribution < 1.29 is 14.6 Å². The summed E-state index contributed by atoms with van der Waals surface area (Å²) in [5, 5.41) is 9.14. The van der Waals surface area contributed by atoms with Gasteiger partial charge in [0, 0.05) is 0 Å². The van der Waals surface area contributed by atoms with Gasteiger partial charge in [0.2, 0.25) is 0 Å². The highest BCUT2D eigenvalue weighted by Crippen LogP contribution is 2.46. The maximum atomic E-state index is 11.1. The van der Waals surface area contributed by atoms with E-state index in [-0.39, 0.29) is 11.3 Å². The molecule has 0 radical (unpaired) electrons. The summed E-state index contributed by atoms with van der Waals surface area (Å²) in [5.74, 6) is 0.850. The average Bonchev–Trinajstić information content (AvgIpc) is 3.25. The molecule has 1 saturated carbocycles. The van der Waals surface area contributed by atoms with Gasteiger partial charge in [-0.1, -0.05) is 46.8 Å². The zero-order valence-corrected chi connectivity index (χ0v) is 15.1. The van der Waals surface area contributed by atoms with Crippen LogP contribution >= 0.6 is 0 Å². The summed E-state index contributed by atoms with van der Waals surface area (Å²) in [4.78, 5) is 11.1. The van der Waals surface area contributed by atoms with Gasteiger partial charge in [-0.05, 0) is 53.7 Å². The Bertz CT molecular complexity index is 556. The molecule has 0 bridgehead atoms. The fraction of sp³-hybridized carbons (Fsp3) is 0.650. The van der Waals surface area contributed by atoms with Gasteiger partial charge in [0.15, 0.2) is 0 Å². The molecule has 1 aromatic carbocycles. The monoisotopic (exact) mass is 318 g/mol. The first kappa shape index (κ1) is 17.8. The van der Waals surface area contributed by atoms with Crippen molar-refractivity contribution in [2.24, 2.45) is 17.8 Å². The number of benzene rings is 1. The van der Waals surface area contributed by atoms with E-state index >= 15 is 0 Å². The Hall–Kier alpha value is -1.51. The van der Waals surface area contributed by atoms with Gasteiger partial charge in [-0.25, -0.2) is 0 Å². The quantitative estimate of drug-likeness (QED) is 0.794. The summed E-state index contributed by atoms with van der Waals surface area (Å²) in [6.07, 6.45) is 2.69. The van der Waals surface area contributed by atoms with Crippen LogP contribution in [0.4, 0.5) is 0 Å². The molecule has 1 aliphatic rings. The first-order valence-electron chi connectivity index (χ1n) is 8.73. The molecule has 1 fully saturated rings. The van der Waals surface area contributed by atoms with Gasteiger partial charge in [-0.2, -0.15) is 0 Å². The molecule has 0 heterocycles. The van der Waals surface area contributed by atoms with Crippen LogP contribution in [0, 0.1) is 17.8 Å². The van der Waals surface area contributed by atoms with Crippen LogP contribution < -0.4 is 4.74 Å². The molecule has 1 aromatic rings. The van der Waals surface area contributed by atoms with Crippen molar-refractivity contribution >= 4 is 5.97 Å². The number of carbonyl (C=O) groups is 1. The molecule has 3 heteroatoms. The molecule has 3 atom stereocenters. The first-order valence-corrected chi connectivity index (χ1v) is 8.73. The first-order chi connectivity index (χ1) is 10.7. The van der Waals surface area contributed by atoms with E-state index in [2.05, 4.69) is 52.8 Å². The Labute approximate surface area is 140 Å². The van der Waals surface area contributed by atoms with Gasteiger partial charge in [0.25, 0.3) is 0 Å². The summed E-state index contributed by atoms with van der Waals surface area (Å²) in [7, 11) is 0. The number of hydrogen-bond acceptors (Lipinski definition) is 2. The molecule has 0 saturated heterocycles. The average molecular weight is 318 g/mol. The van der Waals surface area contributed by atoms with Crippen molar-refractivity contribution in [2.45, 2.75) is 59.3 Å². The van der Waals surface area contributed by atoms with E-state index < -0.39 is 5.97 Å². The Kier molecular flexibility index (Phi) is 5.38. The minimum Gasteiger partial charge on any atom is -0.493 e. The summed E-state index contributed by atoms with van der Waals surface area (Å²) in [6.45, 7) is 11.6. The highest BCUT2D eigenvalue weighted by molar-refractivity contribution is 5.73. The predicted octanol–water partition coefficient (Wildman–Crippen LogP) is 4.67. The van der Waals surface area contributed by atoms with Crippen LogP contribution in [0.25, 0.3) is 0 Å². The topological polar surface area (TPSA) is 46.5 Å². The number of carboxylic acids is 1. The maximum absolute atomic E-state index is 11.1. The van der Waals surface area contributed by atoms with Crippen molar-refractivity contribution in [1.82, 2.24) is 0 Å². The minimum absolute atomic E-state index is 0.102. The van der Waals surface area contributed by atoms with Crippen molar-refractivity contribution in [3.05, 3.63) is 29.3 Å². The van der Waals surface area contributed by atoms with Crippen LogP contribution in [0.2, 0.25) is 0 Å². The summed E-state index contributed by atoms with van der Waals surface area (Å²) < 4.78 is 5.91. The van der Waals surface area contributed by atoms with Gasteiger partial charge in [0.05, 0.1) is 12.5 Å². The van der Waals surface area contributed by atoms with E-state index in [1.807, 2.05) is 0 Å². The van der Waals surface area contributed by atoms with Crippen LogP contribution in [-0.4, -0.2) is 17.7 Å². The number of aliphatic carboxylic acids is 1. The van der Waals surface area contributed by atoms with Gasteiger partial charge >= 0.3 is 5.97 Å². The second-order valence-electron chi connectivity index (χ2n) is 7.95. The van der Waals surface area contributed by atoms with Crippen LogP contribution in [0.1, 0.15) is 58.6 Å². The van der Waals surface area contributed by atoms with Crippen LogP contribution in [0.3, 0.4) is 0 Å². The Morgan fingerprint density at radius 2 is 2.09 bits per heavy atom. The molecule has 128 valence electrons. The van der Waals surface area contributed by atoms with Crippen molar-refractivity contribution in [3.8, 4) is 5.75 Å². The molecule has 1 N–H and O–H groups in total. The lowest BCUT2D eigenvalue weighted by Gasteiger charge is -2.22. The highest BCUT2D eigenvalue weighted by Gasteiger charge is 2.46. The van der Waals surface area contributed by atoms with Gasteiger partial charge in [0.1, 0.15) is 5.75 Å². The zero-order valence-electron chi connectivity index (χ0n) is 15.1. The predicted molar refractivity (Wildman–Crippen MR) is 93.0 cm³/mol. The van der Waals surface area contributed by atoms with Crippen molar-refractivity contribution in [3.63, 3.8) is 0 Å². The SMILES string of the molecule is CCCOc1ccc(C(C)(C)C)cc1CC(C)C1CC1C(=O)O. The molecule has 0 aliphatic heterocycles. The van der Waals surface area contributed by atoms with E-state index in [1.54, 1.807) is 0 Å². The van der Waals surface area contributed by atoms with E-state index in [9.17, 15) is 4.79 Å². The molecule has 0 aromatic heterocycles. The van der Waals surface area contributed by atoms with Gasteiger partial charge < -0.3 is 9.84 Å². The number of ether oxygens (including phenoxy) is 1. The Morgan fingerprint density at radius 3 is 2.61 bits per heavy atom. The summed E-state index contributed by atoms with van der Waals surface area (Å²) in [5.41, 5.74) is 2.62. The molecule has 23 heavy (non-hydrogen) atoms. The van der Waals surface area contributed by atoms with E-state index in [0.29, 0.717) is 11.8 Å². The molecule has 1 aliphatic carbocycles. The lowest BCUT2D eigenvalue weighted by Crippen LogP contribution is -2.14. The maximum Gasteiger partial charge on any atom is 0.306 e. The van der Waals surface area contributed by atoms with E-state index in [4.69, 9.17) is 9.84 Å². The van der Waals surface area contributed by atoms with Crippen LogP contribution in [0.15, 0.2) is 18.2 Å². The Morgan fingerprint density at radius 1 is 1.39 bits per heavy atom. The number of carboxylic acid groups (broad SMARTS) is 1. The van der Waals surface area contributed by atoms with E-state index in [0.717, 1.165) is 31.6 Å². The fourth-order valence-electron chi connectivity index (χ4n) is 3.18. The Balaban J connectivity index is 2.18. The number of hydrogen-bond donors (Lipinski definition) is 1. The van der Waals surface area contributed by atoms with Gasteiger partial charge in [-0.3, -0.25) is 4.79 Å². The third-order valence-electron chi connectivity index (χ3n) is 4.82. The molecule has 3 nitrogen and oxygen atoms in total. The lowest BCUT2D eigenvalue weighted by atomic mass is 9.84. The smallest absolute Gasteiger partial charge is 0.306 e. The van der Waals surface area contributed by atoms with Crippen LogP contribution in [-0.2, 0) is 16.6 Å². The number of rotatable bonds is 7. The molecule has 0 spiro atoms. The fourth-order valence-corrected chi connectivity index (χ4v) is 3.18. The zero-order chi connectivity index (χ0) is 17.2. The standard InChI is InChI=1S/C20H30O3/c1-6-9-23-18-8-7-15(20(3,4)5)11-14(18)10-13(2)16-12-17(16)19(21)22/h7-8,11,13,16-17H,6,9-10,12H2,1-5H3,(H,21,22). The molecule has 3 unspecified atom stereocenters. The second kappa shape index (κ2) is 6.94. The van der Waals surface area contributed by atoms with E-state index in [1.165, 1.54) is 11.1 Å². The normalized spacial score (nSPS) is 21.8. The molecule has 2 rings (SSSR count). The van der Waals surface area contributed by atoms with Crippen molar-refractivity contribution in [2.75, 3.05) is 6.61 Å². The molecular formula is C20H30O3. The third-order valence-corrected chi connectivity index (χ3v) is 4.82. The highest BCUT2D eigenvalue weighted by atomic mass is 16.5. The van der Waals surface area contributed by atoms with Gasteiger partial charge in [-0.15, -0.1) is 0 Å². The molecular weight excluding hydrogens is 288 g/mol. The molecule has 0 amide bonds. The van der Waals surface area contributed by atoms with Crippen LogP contribution in [0.5, 0.6) is 5.75 Å².